The predicted molar refractivity (Wildman–Crippen MR) is 26.4 cm³/mol. The van der Waals surface area contributed by atoms with Crippen molar-refractivity contribution >= 4 is 9.76 Å². The van der Waals surface area contributed by atoms with Crippen LogP contribution in [0.25, 0.3) is 0 Å². The van der Waals surface area contributed by atoms with Gasteiger partial charge < -0.3 is 4.43 Å². The minimum atomic E-state index is -3.51. The highest BCUT2D eigenvalue weighted by atomic mass is 28.2. The SMILES string of the molecule is C[SiH2]OC(F)(F)CF. The highest BCUT2D eigenvalue weighted by Gasteiger charge is 2.27. The van der Waals surface area contributed by atoms with Crippen LogP contribution in [0.15, 0.2) is 0 Å². The molecule has 0 radical (unpaired) electrons. The van der Waals surface area contributed by atoms with Gasteiger partial charge in [-0.2, -0.15) is 8.78 Å². The van der Waals surface area contributed by atoms with Gasteiger partial charge in [0.25, 0.3) is 0 Å². The minimum absolute atomic E-state index is 1.19. The fraction of sp³-hybridized carbons (Fsp3) is 1.00. The third-order valence-electron chi connectivity index (χ3n) is 0.511. The Bertz CT molecular complexity index is 67.5. The quantitative estimate of drug-likeness (QED) is 0.530. The first-order chi connectivity index (χ1) is 3.62. The van der Waals surface area contributed by atoms with Gasteiger partial charge in [-0.05, 0) is 0 Å². The molecule has 5 heteroatoms. The molecule has 1 nitrogen and oxygen atoms in total. The summed E-state index contributed by atoms with van der Waals surface area (Å²) >= 11 is 0. The van der Waals surface area contributed by atoms with Gasteiger partial charge in [0.2, 0.25) is 0 Å². The van der Waals surface area contributed by atoms with E-state index in [1.165, 1.54) is 6.55 Å². The second kappa shape index (κ2) is 3.08. The lowest BCUT2D eigenvalue weighted by atomic mass is 10.7. The van der Waals surface area contributed by atoms with Gasteiger partial charge in [0, 0.05) is 0 Å². The van der Waals surface area contributed by atoms with Crippen molar-refractivity contribution in [3.05, 3.63) is 0 Å². The Morgan fingerprint density at radius 3 is 2.25 bits per heavy atom. The van der Waals surface area contributed by atoms with Gasteiger partial charge >= 0.3 is 6.11 Å². The molecule has 0 spiro atoms. The third-order valence-corrected chi connectivity index (χ3v) is 1.22. The Morgan fingerprint density at radius 1 is 1.62 bits per heavy atom. The van der Waals surface area contributed by atoms with Crippen molar-refractivity contribution in [2.24, 2.45) is 0 Å². The summed E-state index contributed by atoms with van der Waals surface area (Å²) in [5.74, 6) is 0. The molecular weight excluding hydrogens is 137 g/mol. The Balaban J connectivity index is 3.37. The van der Waals surface area contributed by atoms with E-state index < -0.39 is 22.5 Å². The summed E-state index contributed by atoms with van der Waals surface area (Å²) in [6, 6.07) is 0. The average Bonchev–Trinajstić information content (AvgIpc) is 1.67. The zero-order valence-electron chi connectivity index (χ0n) is 4.46. The summed E-state index contributed by atoms with van der Waals surface area (Å²) in [6.45, 7) is -0.197. The third kappa shape index (κ3) is 3.03. The van der Waals surface area contributed by atoms with Crippen LogP contribution in [-0.4, -0.2) is 22.5 Å². The molecule has 8 heavy (non-hydrogen) atoms. The molecule has 0 rings (SSSR count). The lowest BCUT2D eigenvalue weighted by Crippen LogP contribution is -2.24. The van der Waals surface area contributed by atoms with Crippen molar-refractivity contribution in [2.45, 2.75) is 12.7 Å². The van der Waals surface area contributed by atoms with Crippen molar-refractivity contribution in [1.29, 1.82) is 0 Å². The summed E-state index contributed by atoms with van der Waals surface area (Å²) in [5, 5.41) is 0. The van der Waals surface area contributed by atoms with Crippen molar-refractivity contribution < 1.29 is 17.6 Å². The maximum Gasteiger partial charge on any atom is 0.374 e. The molecule has 0 aromatic heterocycles. The lowest BCUT2D eigenvalue weighted by Gasteiger charge is -2.10. The first-order valence-electron chi connectivity index (χ1n) is 2.20. The molecule has 0 fully saturated rings. The molecule has 0 saturated carbocycles. The normalized spacial score (nSPS) is 13.5. The van der Waals surface area contributed by atoms with Gasteiger partial charge in [-0.3, -0.25) is 0 Å². The number of rotatable bonds is 3. The maximum absolute atomic E-state index is 11.6. The Labute approximate surface area is 47.8 Å². The van der Waals surface area contributed by atoms with E-state index in [-0.39, 0.29) is 0 Å². The summed E-state index contributed by atoms with van der Waals surface area (Å²) in [4.78, 5) is 0. The topological polar surface area (TPSA) is 9.23 Å². The van der Waals surface area contributed by atoms with E-state index in [4.69, 9.17) is 0 Å². The van der Waals surface area contributed by atoms with Gasteiger partial charge in [0.05, 0.1) is 0 Å². The monoisotopic (exact) mass is 144 g/mol. The molecule has 0 aliphatic carbocycles. The predicted octanol–water partition coefficient (Wildman–Crippen LogP) is 0.697. The molecule has 0 bridgehead atoms. The van der Waals surface area contributed by atoms with Crippen LogP contribution in [0.2, 0.25) is 6.55 Å². The zero-order chi connectivity index (χ0) is 6.62. The molecule has 0 unspecified atom stereocenters. The average molecular weight is 144 g/mol. The smallest absolute Gasteiger partial charge is 0.368 e. The van der Waals surface area contributed by atoms with Crippen LogP contribution in [0.5, 0.6) is 0 Å². The van der Waals surface area contributed by atoms with Crippen LogP contribution in [0.3, 0.4) is 0 Å². The molecule has 0 aromatic rings. The number of alkyl halides is 3. The van der Waals surface area contributed by atoms with Crippen molar-refractivity contribution in [3.8, 4) is 0 Å². The van der Waals surface area contributed by atoms with Gasteiger partial charge in [0.15, 0.2) is 16.4 Å². The second-order valence-corrected chi connectivity index (χ2v) is 2.07. The molecule has 0 aromatic carbocycles. The Hall–Kier alpha value is -0.0331. The first-order valence-corrected chi connectivity index (χ1v) is 4.19. The molecule has 50 valence electrons. The van der Waals surface area contributed by atoms with Gasteiger partial charge in [-0.15, -0.1) is 0 Å². The van der Waals surface area contributed by atoms with Crippen molar-refractivity contribution in [2.75, 3.05) is 6.67 Å². The standard InChI is InChI=1S/C3H7F3OSi/c1-8-7-3(5,6)2-4/h2,8H2,1H3. The fourth-order valence-electron chi connectivity index (χ4n) is 0.250. The van der Waals surface area contributed by atoms with Crippen LogP contribution >= 0.6 is 0 Å². The van der Waals surface area contributed by atoms with Crippen LogP contribution < -0.4 is 0 Å². The molecule has 0 amide bonds. The molecule has 0 N–H and O–H groups in total. The van der Waals surface area contributed by atoms with Crippen molar-refractivity contribution in [3.63, 3.8) is 0 Å². The first kappa shape index (κ1) is 7.97. The van der Waals surface area contributed by atoms with E-state index in [0.29, 0.717) is 0 Å². The molecule has 0 atom stereocenters. The van der Waals surface area contributed by atoms with E-state index in [2.05, 4.69) is 4.43 Å². The van der Waals surface area contributed by atoms with Crippen LogP contribution in [0.1, 0.15) is 0 Å². The second-order valence-electron chi connectivity index (χ2n) is 1.20. The van der Waals surface area contributed by atoms with E-state index in [1.54, 1.807) is 0 Å². The maximum atomic E-state index is 11.6. The van der Waals surface area contributed by atoms with Crippen LogP contribution in [0.4, 0.5) is 13.2 Å². The van der Waals surface area contributed by atoms with E-state index >= 15 is 0 Å². The van der Waals surface area contributed by atoms with Crippen LogP contribution in [0, 0.1) is 0 Å². The minimum Gasteiger partial charge on any atom is -0.368 e. The highest BCUT2D eigenvalue weighted by Crippen LogP contribution is 2.13. The zero-order valence-corrected chi connectivity index (χ0v) is 5.87. The van der Waals surface area contributed by atoms with Crippen LogP contribution in [-0.2, 0) is 4.43 Å². The Morgan fingerprint density at radius 2 is 2.12 bits per heavy atom. The van der Waals surface area contributed by atoms with E-state index in [9.17, 15) is 13.2 Å². The number of hydrogen-bond donors (Lipinski definition) is 0. The largest absolute Gasteiger partial charge is 0.374 e. The van der Waals surface area contributed by atoms with Gasteiger partial charge in [0.1, 0.15) is 0 Å². The summed E-state index contributed by atoms with van der Waals surface area (Å²) in [6.07, 6.45) is -3.51. The number of halogens is 3. The molecule has 0 aliphatic rings. The molecule has 0 aliphatic heterocycles. The molecule has 0 heterocycles. The number of hydrogen-bond acceptors (Lipinski definition) is 1. The van der Waals surface area contributed by atoms with Gasteiger partial charge in [-0.1, -0.05) is 6.55 Å². The summed E-state index contributed by atoms with van der Waals surface area (Å²) < 4.78 is 38.1. The van der Waals surface area contributed by atoms with E-state index in [1.807, 2.05) is 0 Å². The summed E-state index contributed by atoms with van der Waals surface area (Å²) in [5.41, 5.74) is 0. The summed E-state index contributed by atoms with van der Waals surface area (Å²) in [7, 11) is -1.19. The fourth-order valence-corrected chi connectivity index (χ4v) is 0.749. The van der Waals surface area contributed by atoms with E-state index in [0.717, 1.165) is 0 Å². The lowest BCUT2D eigenvalue weighted by molar-refractivity contribution is -0.186. The van der Waals surface area contributed by atoms with Gasteiger partial charge in [-0.25, -0.2) is 4.39 Å². The highest BCUT2D eigenvalue weighted by molar-refractivity contribution is 6.24. The Kier molecular flexibility index (Phi) is 3.07. The van der Waals surface area contributed by atoms with Crippen molar-refractivity contribution in [1.82, 2.24) is 0 Å². The molecule has 0 saturated heterocycles. The molecular formula is C3H7F3OSi.